The molecule has 1 amide bonds. The molecule has 51 heavy (non-hydrogen) atoms. The van der Waals surface area contributed by atoms with E-state index in [1.807, 2.05) is 69.0 Å². The number of benzene rings is 3. The Kier molecular flexibility index (Phi) is 9.41. The van der Waals surface area contributed by atoms with Crippen LogP contribution in [0.4, 0.5) is 8.78 Å². The molecule has 3 aromatic carbocycles. The number of nitrogens with zero attached hydrogens (tertiary/aromatic N) is 4. The zero-order chi connectivity index (χ0) is 36.4. The summed E-state index contributed by atoms with van der Waals surface area (Å²) in [5.41, 5.74) is 4.73. The number of H-pyrrole nitrogens is 1. The predicted molar refractivity (Wildman–Crippen MR) is 194 cm³/mol. The number of fused-ring (bicyclic) bond motifs is 2. The second-order valence-electron chi connectivity index (χ2n) is 14.6. The third kappa shape index (κ3) is 6.86. The predicted octanol–water partition coefficient (Wildman–Crippen LogP) is 8.11. The van der Waals surface area contributed by atoms with Gasteiger partial charge in [-0.1, -0.05) is 23.7 Å². The van der Waals surface area contributed by atoms with Crippen molar-refractivity contribution in [3.63, 3.8) is 0 Å². The highest BCUT2D eigenvalue weighted by atomic mass is 35.5. The molecule has 0 unspecified atom stereocenters. The lowest BCUT2D eigenvalue weighted by molar-refractivity contribution is -0.823. The molecule has 2 aliphatic heterocycles. The molecule has 2 saturated heterocycles. The van der Waals surface area contributed by atoms with Gasteiger partial charge in [-0.05, 0) is 106 Å². The van der Waals surface area contributed by atoms with Gasteiger partial charge in [0.2, 0.25) is 11.6 Å². The smallest absolute Gasteiger partial charge is 0.472 e. The number of carbonyl (C=O) groups is 2. The monoisotopic (exact) mass is 736 g/mol. The Morgan fingerprint density at radius 1 is 1.08 bits per heavy atom. The zero-order valence-corrected chi connectivity index (χ0v) is 30.7. The van der Waals surface area contributed by atoms with Crippen LogP contribution < -0.4 is 4.68 Å². The number of aryl methyl sites for hydroxylation is 1. The number of amides is 1. The Hall–Kier alpha value is -3.97. The molecule has 4 heterocycles. The summed E-state index contributed by atoms with van der Waals surface area (Å²) in [7, 11) is 0. The van der Waals surface area contributed by atoms with Crippen molar-refractivity contribution in [2.24, 2.45) is 0 Å². The van der Waals surface area contributed by atoms with Crippen molar-refractivity contribution >= 4 is 55.9 Å². The van der Waals surface area contributed by atoms with Crippen LogP contribution in [-0.2, 0) is 14.3 Å². The fraction of sp³-hybridized carbons (Fsp3) is 0.421. The topological polar surface area (TPSA) is 103 Å². The van der Waals surface area contributed by atoms with E-state index in [4.69, 9.17) is 21.3 Å². The number of hydrogen-bond donors (Lipinski definition) is 2. The molecule has 7 rings (SSSR count). The van der Waals surface area contributed by atoms with Gasteiger partial charge in [0.15, 0.2) is 6.10 Å². The van der Waals surface area contributed by atoms with Gasteiger partial charge >= 0.3 is 12.5 Å². The van der Waals surface area contributed by atoms with Crippen LogP contribution in [0.15, 0.2) is 48.5 Å². The van der Waals surface area contributed by atoms with Crippen LogP contribution in [0.3, 0.4) is 0 Å². The Morgan fingerprint density at radius 2 is 1.75 bits per heavy atom. The number of alkyl halides is 2. The van der Waals surface area contributed by atoms with Crippen LogP contribution in [0.2, 0.25) is 5.02 Å². The molecule has 0 aliphatic carbocycles. The molecule has 0 bridgehead atoms. The average molecular weight is 737 g/mol. The van der Waals surface area contributed by atoms with E-state index < -0.39 is 24.2 Å². The number of rotatable bonds is 8. The quantitative estimate of drug-likeness (QED) is 0.156. The highest BCUT2D eigenvalue weighted by Crippen LogP contribution is 2.45. The third-order valence-electron chi connectivity index (χ3n) is 10.00. The maximum absolute atomic E-state index is 14.5. The van der Waals surface area contributed by atoms with Gasteiger partial charge in [0.05, 0.1) is 21.2 Å². The van der Waals surface area contributed by atoms with Gasteiger partial charge in [0.1, 0.15) is 10.5 Å². The minimum atomic E-state index is -2.73. The highest BCUT2D eigenvalue weighted by Gasteiger charge is 2.40. The first-order chi connectivity index (χ1) is 24.2. The van der Waals surface area contributed by atoms with Crippen molar-refractivity contribution < 1.29 is 32.9 Å². The molecule has 9 nitrogen and oxygen atoms in total. The van der Waals surface area contributed by atoms with Crippen molar-refractivity contribution in [1.82, 2.24) is 19.9 Å². The molecule has 2 fully saturated rings. The number of nitrogens with one attached hydrogen (secondary N) is 1. The Labute approximate surface area is 303 Å². The van der Waals surface area contributed by atoms with E-state index in [9.17, 15) is 23.5 Å². The molecule has 2 aliphatic rings. The maximum atomic E-state index is 14.5. The van der Waals surface area contributed by atoms with Gasteiger partial charge in [-0.2, -0.15) is 5.10 Å². The van der Waals surface area contributed by atoms with Crippen molar-refractivity contribution in [3.8, 4) is 21.7 Å². The van der Waals surface area contributed by atoms with E-state index in [1.165, 1.54) is 11.3 Å². The molecule has 5 aromatic rings. The molecule has 2 aromatic heterocycles. The lowest BCUT2D eigenvalue weighted by Gasteiger charge is -2.47. The van der Waals surface area contributed by atoms with Crippen LogP contribution in [0.5, 0.6) is 0 Å². The molecule has 0 saturated carbocycles. The van der Waals surface area contributed by atoms with E-state index in [2.05, 4.69) is 10.00 Å². The Morgan fingerprint density at radius 3 is 2.35 bits per heavy atom. The van der Waals surface area contributed by atoms with E-state index in [0.717, 1.165) is 70.5 Å². The number of carboxylic acids is 1. The van der Waals surface area contributed by atoms with Crippen molar-refractivity contribution in [3.05, 3.63) is 70.4 Å². The van der Waals surface area contributed by atoms with Gasteiger partial charge in [0.25, 0.3) is 0 Å². The highest BCUT2D eigenvalue weighted by molar-refractivity contribution is 7.22. The van der Waals surface area contributed by atoms with E-state index >= 15 is 0 Å². The van der Waals surface area contributed by atoms with E-state index in [1.54, 1.807) is 19.1 Å². The number of halogens is 3. The number of piperidine rings is 1. The standard InChI is InChI=1S/C38H40ClF2N5O4S/c1-20-16-29-34(31(22-6-9-25(39)10-7-22)30(20)33(36(48)49)50-38(3,4)5)51-35(42-29)24-8-11-28-27(17-24)32(46(43-28)37(40)41)23-12-14-44(15-13-23)26-18-45(19-26)21(2)47/h6-11,16-17,23,26,33,37H,12-15,18-19H2,1-5H3,(H,48,49)/p+1/t33-/m0/s1. The zero-order valence-electron chi connectivity index (χ0n) is 29.2. The third-order valence-corrected chi connectivity index (χ3v) is 11.4. The normalized spacial score (nSPS) is 17.1. The lowest BCUT2D eigenvalue weighted by atomic mass is 9.89. The Balaban J connectivity index is 1.30. The van der Waals surface area contributed by atoms with Crippen LogP contribution in [0.25, 0.3) is 42.8 Å². The minimum absolute atomic E-state index is 0.0731. The second kappa shape index (κ2) is 13.5. The largest absolute Gasteiger partial charge is 0.479 e. The summed E-state index contributed by atoms with van der Waals surface area (Å²) in [6, 6.07) is 15.1. The summed E-state index contributed by atoms with van der Waals surface area (Å²) in [6.07, 6.45) is 0.225. The number of carbonyl (C=O) groups excluding carboxylic acids is 1. The van der Waals surface area contributed by atoms with Crippen molar-refractivity contribution in [2.75, 3.05) is 26.2 Å². The fourth-order valence-electron chi connectivity index (χ4n) is 7.52. The summed E-state index contributed by atoms with van der Waals surface area (Å²) in [4.78, 5) is 33.7. The molecule has 0 spiro atoms. The van der Waals surface area contributed by atoms with Gasteiger partial charge < -0.3 is 14.7 Å². The number of thiazole rings is 1. The van der Waals surface area contributed by atoms with Gasteiger partial charge in [0, 0.05) is 53.7 Å². The molecule has 0 radical (unpaired) electrons. The molecular weight excluding hydrogens is 696 g/mol. The number of aromatic nitrogens is 3. The second-order valence-corrected chi connectivity index (χ2v) is 16.0. The van der Waals surface area contributed by atoms with Crippen molar-refractivity contribution in [2.45, 2.75) is 77.7 Å². The lowest BCUT2D eigenvalue weighted by Crippen LogP contribution is -2.61. The van der Waals surface area contributed by atoms with Gasteiger partial charge in [-0.25, -0.2) is 9.78 Å². The van der Waals surface area contributed by atoms with Gasteiger partial charge in [-0.3, -0.25) is 9.69 Å². The van der Waals surface area contributed by atoms with Crippen LogP contribution >= 0.6 is 22.9 Å². The minimum Gasteiger partial charge on any atom is -0.479 e. The summed E-state index contributed by atoms with van der Waals surface area (Å²) in [5.74, 6) is -1.09. The molecular formula is C38H41ClF2N5O4S+. The Bertz CT molecular complexity index is 2130. The summed E-state index contributed by atoms with van der Waals surface area (Å²) >= 11 is 7.69. The number of aromatic amines is 1. The molecule has 2 N–H and O–H groups in total. The van der Waals surface area contributed by atoms with Crippen LogP contribution in [0.1, 0.15) is 75.9 Å². The fourth-order valence-corrected chi connectivity index (χ4v) is 8.77. The number of ether oxygens (including phenoxy) is 1. The first-order valence-electron chi connectivity index (χ1n) is 17.1. The molecule has 13 heteroatoms. The molecule has 268 valence electrons. The van der Waals surface area contributed by atoms with Crippen LogP contribution in [-0.4, -0.2) is 74.7 Å². The van der Waals surface area contributed by atoms with Gasteiger partial charge in [-0.15, -0.1) is 20.1 Å². The maximum Gasteiger partial charge on any atom is 0.472 e. The van der Waals surface area contributed by atoms with Crippen LogP contribution in [0, 0.1) is 6.92 Å². The summed E-state index contributed by atoms with van der Waals surface area (Å²) in [6.45, 7) is 9.20. The van der Waals surface area contributed by atoms with E-state index in [0.29, 0.717) is 43.9 Å². The molecule has 1 atom stereocenters. The number of carboxylic acid groups (broad SMARTS) is 1. The number of likely N-dealkylation sites (tertiary alicyclic amines) is 2. The summed E-state index contributed by atoms with van der Waals surface area (Å²) < 4.78 is 37.0. The van der Waals surface area contributed by atoms with E-state index in [-0.39, 0.29) is 11.8 Å². The van der Waals surface area contributed by atoms with Crippen molar-refractivity contribution in [1.29, 1.82) is 0 Å². The first-order valence-corrected chi connectivity index (χ1v) is 18.3. The summed E-state index contributed by atoms with van der Waals surface area (Å²) in [5, 5.41) is 15.3. The SMILES string of the molecule is CC(=O)N1CC(N2CCC(c3c4cc(-c5nc6cc(C)c([C@H](OC(C)(C)C)C(=O)O)c(-c7ccc(Cl)cc7)c6s5)ccc4[nH][n+]3C(F)F)CC2)C1. The average Bonchev–Trinajstić information content (AvgIpc) is 3.64. The first kappa shape index (κ1) is 35.4. The number of hydrogen-bond acceptors (Lipinski definition) is 6. The number of aliphatic carboxylic acids is 1.